The Bertz CT molecular complexity index is 525. The number of carbonyl (C=O) groups excluding carboxylic acids is 2. The summed E-state index contributed by atoms with van der Waals surface area (Å²) < 4.78 is 5.20. The van der Waals surface area contributed by atoms with Gasteiger partial charge in [-0.25, -0.2) is 0 Å². The van der Waals surface area contributed by atoms with Gasteiger partial charge in [0, 0.05) is 5.02 Å². The molecule has 1 atom stereocenters. The van der Waals surface area contributed by atoms with Crippen molar-refractivity contribution in [2.45, 2.75) is 19.9 Å². The molecule has 0 saturated carbocycles. The second-order valence-corrected chi connectivity index (χ2v) is 5.85. The average molecular weight is 354 g/mol. The van der Waals surface area contributed by atoms with E-state index >= 15 is 0 Å². The van der Waals surface area contributed by atoms with Crippen molar-refractivity contribution in [2.24, 2.45) is 5.92 Å². The molecule has 1 aromatic carbocycles. The number of benzene rings is 1. The van der Waals surface area contributed by atoms with Gasteiger partial charge in [0.05, 0.1) is 22.1 Å². The van der Waals surface area contributed by atoms with Crippen LogP contribution in [0.5, 0.6) is 5.75 Å². The Hall–Kier alpha value is -1.17. The molecule has 0 bridgehead atoms. The number of hydrogen-bond acceptors (Lipinski definition) is 4. The number of halogens is 3. The molecule has 0 aliphatic rings. The zero-order chi connectivity index (χ0) is 16.2. The van der Waals surface area contributed by atoms with Crippen LogP contribution in [0.2, 0.25) is 15.1 Å². The number of ether oxygens (including phenoxy) is 1. The molecule has 21 heavy (non-hydrogen) atoms. The zero-order valence-electron chi connectivity index (χ0n) is 11.3. The third-order valence-electron chi connectivity index (χ3n) is 2.55. The van der Waals surface area contributed by atoms with Crippen LogP contribution in [0.1, 0.15) is 13.8 Å². The molecule has 1 amide bonds. The summed E-state index contributed by atoms with van der Waals surface area (Å²) in [5, 5.41) is 13.8. The maximum Gasteiger partial charge on any atom is 0.258 e. The number of amides is 1. The molecule has 1 N–H and O–H groups in total. The predicted octanol–water partition coefficient (Wildman–Crippen LogP) is 1.92. The molecule has 0 spiro atoms. The second-order valence-electron chi connectivity index (χ2n) is 4.60. The first-order chi connectivity index (χ1) is 9.72. The van der Waals surface area contributed by atoms with Gasteiger partial charge in [0.1, 0.15) is 0 Å². The van der Waals surface area contributed by atoms with Gasteiger partial charge in [0.25, 0.3) is 5.91 Å². The van der Waals surface area contributed by atoms with Crippen molar-refractivity contribution < 1.29 is 19.4 Å². The molecule has 0 radical (unpaired) electrons. The number of hydrogen-bond donors (Lipinski definition) is 1. The Morgan fingerprint density at radius 2 is 1.76 bits per heavy atom. The second kappa shape index (κ2) is 7.73. The number of rotatable bonds is 6. The lowest BCUT2D eigenvalue weighted by molar-refractivity contribution is -0.309. The number of nitrogens with one attached hydrogen (secondary N) is 1. The van der Waals surface area contributed by atoms with E-state index in [1.165, 1.54) is 12.1 Å². The lowest BCUT2D eigenvalue weighted by Gasteiger charge is -2.23. The highest BCUT2D eigenvalue weighted by Crippen LogP contribution is 2.35. The van der Waals surface area contributed by atoms with Crippen LogP contribution in [0.4, 0.5) is 0 Å². The first-order valence-corrected chi connectivity index (χ1v) is 7.13. The van der Waals surface area contributed by atoms with Crippen molar-refractivity contribution >= 4 is 46.7 Å². The first-order valence-electron chi connectivity index (χ1n) is 6.00. The van der Waals surface area contributed by atoms with E-state index in [1.807, 2.05) is 0 Å². The average Bonchev–Trinajstić information content (AvgIpc) is 2.33. The Morgan fingerprint density at radius 1 is 1.24 bits per heavy atom. The highest BCUT2D eigenvalue weighted by molar-refractivity contribution is 6.40. The van der Waals surface area contributed by atoms with E-state index in [0.29, 0.717) is 5.02 Å². The number of carboxylic acids is 1. The van der Waals surface area contributed by atoms with E-state index in [2.05, 4.69) is 5.32 Å². The number of carboxylic acid groups (broad SMARTS) is 1. The van der Waals surface area contributed by atoms with Crippen LogP contribution in [0, 0.1) is 5.92 Å². The predicted molar refractivity (Wildman–Crippen MR) is 78.7 cm³/mol. The molecule has 0 unspecified atom stereocenters. The van der Waals surface area contributed by atoms with E-state index in [0.717, 1.165) is 0 Å². The van der Waals surface area contributed by atoms with Gasteiger partial charge in [-0.2, -0.15) is 0 Å². The fraction of sp³-hybridized carbons (Fsp3) is 0.385. The SMILES string of the molecule is CC(C)[C@H](NC(=O)COc1c(Cl)cc(Cl)cc1Cl)C(=O)[O-]. The van der Waals surface area contributed by atoms with Gasteiger partial charge in [-0.05, 0) is 18.1 Å². The van der Waals surface area contributed by atoms with Gasteiger partial charge >= 0.3 is 0 Å². The number of carbonyl (C=O) groups is 2. The van der Waals surface area contributed by atoms with Gasteiger partial charge in [-0.15, -0.1) is 0 Å². The minimum Gasteiger partial charge on any atom is -0.548 e. The molecule has 0 aromatic heterocycles. The largest absolute Gasteiger partial charge is 0.548 e. The molecule has 116 valence electrons. The Labute approximate surface area is 137 Å². The van der Waals surface area contributed by atoms with Gasteiger partial charge in [-0.3, -0.25) is 4.79 Å². The van der Waals surface area contributed by atoms with Crippen LogP contribution in [-0.2, 0) is 9.59 Å². The summed E-state index contributed by atoms with van der Waals surface area (Å²) in [6.07, 6.45) is 0. The summed E-state index contributed by atoms with van der Waals surface area (Å²) in [5.74, 6) is -2.20. The molecular weight excluding hydrogens is 341 g/mol. The molecule has 0 heterocycles. The summed E-state index contributed by atoms with van der Waals surface area (Å²) in [5.41, 5.74) is 0. The van der Waals surface area contributed by atoms with E-state index in [-0.39, 0.29) is 21.7 Å². The van der Waals surface area contributed by atoms with Crippen molar-refractivity contribution in [3.05, 3.63) is 27.2 Å². The van der Waals surface area contributed by atoms with Crippen LogP contribution in [0.15, 0.2) is 12.1 Å². The van der Waals surface area contributed by atoms with Crippen molar-refractivity contribution in [1.29, 1.82) is 0 Å². The number of aliphatic carboxylic acids is 1. The monoisotopic (exact) mass is 352 g/mol. The normalized spacial score (nSPS) is 12.1. The Kier molecular flexibility index (Phi) is 6.58. The Balaban J connectivity index is 2.67. The van der Waals surface area contributed by atoms with Crippen molar-refractivity contribution in [1.82, 2.24) is 5.32 Å². The highest BCUT2D eigenvalue weighted by Gasteiger charge is 2.18. The van der Waals surface area contributed by atoms with Crippen LogP contribution in [0.3, 0.4) is 0 Å². The van der Waals surface area contributed by atoms with Crippen molar-refractivity contribution in [3.63, 3.8) is 0 Å². The van der Waals surface area contributed by atoms with Crippen LogP contribution >= 0.6 is 34.8 Å². The molecular formula is C13H13Cl3NO4-. The first kappa shape index (κ1) is 17.9. The third-order valence-corrected chi connectivity index (χ3v) is 3.33. The van der Waals surface area contributed by atoms with Gasteiger partial charge < -0.3 is 20.0 Å². The maximum absolute atomic E-state index is 11.7. The Morgan fingerprint density at radius 3 is 2.19 bits per heavy atom. The minimum absolute atomic E-state index is 0.104. The maximum atomic E-state index is 11.7. The summed E-state index contributed by atoms with van der Waals surface area (Å²) in [7, 11) is 0. The molecule has 1 aromatic rings. The lowest BCUT2D eigenvalue weighted by Crippen LogP contribution is -2.51. The molecule has 8 heteroatoms. The smallest absolute Gasteiger partial charge is 0.258 e. The topological polar surface area (TPSA) is 78.5 Å². The van der Waals surface area contributed by atoms with E-state index in [9.17, 15) is 14.7 Å². The quantitative estimate of drug-likeness (QED) is 0.847. The standard InChI is InChI=1S/C13H14Cl3NO4/c1-6(2)11(13(19)20)17-10(18)5-21-12-8(15)3-7(14)4-9(12)16/h3-4,6,11H,5H2,1-2H3,(H,17,18)(H,19,20)/p-1/t11-/m0/s1. The van der Waals surface area contributed by atoms with Crippen LogP contribution in [-0.4, -0.2) is 24.5 Å². The molecule has 5 nitrogen and oxygen atoms in total. The van der Waals surface area contributed by atoms with Gasteiger partial charge in [-0.1, -0.05) is 48.7 Å². The highest BCUT2D eigenvalue weighted by atomic mass is 35.5. The molecule has 0 aliphatic heterocycles. The van der Waals surface area contributed by atoms with E-state index < -0.39 is 24.5 Å². The summed E-state index contributed by atoms with van der Waals surface area (Å²) >= 11 is 17.5. The molecule has 0 aliphatic carbocycles. The van der Waals surface area contributed by atoms with Crippen LogP contribution < -0.4 is 15.2 Å². The third kappa shape index (κ3) is 5.26. The van der Waals surface area contributed by atoms with Crippen molar-refractivity contribution in [2.75, 3.05) is 6.61 Å². The minimum atomic E-state index is -1.36. The fourth-order valence-electron chi connectivity index (χ4n) is 1.52. The van der Waals surface area contributed by atoms with E-state index in [1.54, 1.807) is 13.8 Å². The van der Waals surface area contributed by atoms with Crippen LogP contribution in [0.25, 0.3) is 0 Å². The zero-order valence-corrected chi connectivity index (χ0v) is 13.6. The van der Waals surface area contributed by atoms with E-state index in [4.69, 9.17) is 39.5 Å². The van der Waals surface area contributed by atoms with Gasteiger partial charge in [0.15, 0.2) is 12.4 Å². The molecule has 0 saturated heterocycles. The summed E-state index contributed by atoms with van der Waals surface area (Å²) in [4.78, 5) is 22.6. The van der Waals surface area contributed by atoms with Gasteiger partial charge in [0.2, 0.25) is 0 Å². The molecule has 1 rings (SSSR count). The fourth-order valence-corrected chi connectivity index (χ4v) is 2.44. The lowest BCUT2D eigenvalue weighted by atomic mass is 10.1. The summed E-state index contributed by atoms with van der Waals surface area (Å²) in [6.45, 7) is 2.86. The van der Waals surface area contributed by atoms with Crippen molar-refractivity contribution in [3.8, 4) is 5.75 Å². The molecule has 0 fully saturated rings. The summed E-state index contributed by atoms with van der Waals surface area (Å²) in [6, 6.07) is 1.73.